The monoisotopic (exact) mass is 796 g/mol. The zero-order valence-corrected chi connectivity index (χ0v) is 36.2. The highest BCUT2D eigenvalue weighted by atomic mass is 16.3. The van der Waals surface area contributed by atoms with E-state index in [0.29, 0.717) is 0 Å². The van der Waals surface area contributed by atoms with Crippen LogP contribution in [0.2, 0.25) is 0 Å². The third-order valence-electron chi connectivity index (χ3n) is 15.5. The largest absolute Gasteiger partial charge is 0.456 e. The van der Waals surface area contributed by atoms with Crippen LogP contribution >= 0.6 is 0 Å². The Balaban J connectivity index is 1.17. The molecule has 0 unspecified atom stereocenters. The van der Waals surface area contributed by atoms with Crippen molar-refractivity contribution in [2.75, 3.05) is 4.81 Å². The Morgan fingerprint density at radius 1 is 0.516 bits per heavy atom. The fourth-order valence-electron chi connectivity index (χ4n) is 12.5. The maximum atomic E-state index is 6.67. The van der Waals surface area contributed by atoms with Gasteiger partial charge in [-0.25, -0.2) is 0 Å². The van der Waals surface area contributed by atoms with Gasteiger partial charge in [0, 0.05) is 55.0 Å². The van der Waals surface area contributed by atoms with Crippen molar-refractivity contribution in [3.05, 3.63) is 173 Å². The summed E-state index contributed by atoms with van der Waals surface area (Å²) in [6.07, 6.45) is 0. The smallest absolute Gasteiger partial charge is 0.333 e. The highest BCUT2D eigenvalue weighted by Gasteiger charge is 2.47. The Bertz CT molecular complexity index is 3680. The molecule has 0 atom stereocenters. The lowest BCUT2D eigenvalue weighted by molar-refractivity contribution is 0.590. The summed E-state index contributed by atoms with van der Waals surface area (Å²) in [5.41, 5.74) is 25.4. The van der Waals surface area contributed by atoms with Crippen LogP contribution in [0.15, 0.2) is 150 Å². The normalized spacial score (nSPS) is 15.9. The molecule has 3 nitrogen and oxygen atoms in total. The Morgan fingerprint density at radius 2 is 1.23 bits per heavy atom. The molecule has 0 saturated heterocycles. The SMILES string of the molecule is CC(C)(C)c1ccc(N2B3c4cc5c(cc4-n4c6ccc7c(c6c6ccc(c3c64)-c3cc4oc6ccccc6c4cc32)-c2ccccc2C7(C)C)-c2ccccc2C5(C)C)cc1. The van der Waals surface area contributed by atoms with Crippen molar-refractivity contribution in [2.24, 2.45) is 0 Å². The first-order valence-electron chi connectivity index (χ1n) is 22.3. The lowest BCUT2D eigenvalue weighted by Gasteiger charge is -2.42. The number of anilines is 2. The van der Waals surface area contributed by atoms with Crippen LogP contribution in [-0.2, 0) is 16.2 Å². The third kappa shape index (κ3) is 4.10. The number of benzene rings is 8. The van der Waals surface area contributed by atoms with Crippen molar-refractivity contribution < 1.29 is 4.42 Å². The average Bonchev–Trinajstić information content (AvgIpc) is 3.95. The molecule has 4 heterocycles. The number of nitrogens with zero attached hydrogens (tertiary/aromatic N) is 2. The summed E-state index contributed by atoms with van der Waals surface area (Å²) in [5, 5.41) is 4.96. The van der Waals surface area contributed by atoms with Gasteiger partial charge in [0.2, 0.25) is 0 Å². The van der Waals surface area contributed by atoms with Crippen LogP contribution in [0.1, 0.15) is 76.3 Å². The quantitative estimate of drug-likeness (QED) is 0.154. The van der Waals surface area contributed by atoms with Crippen LogP contribution in [0.4, 0.5) is 11.4 Å². The molecule has 2 aliphatic carbocycles. The predicted molar refractivity (Wildman–Crippen MR) is 261 cm³/mol. The van der Waals surface area contributed by atoms with E-state index in [1.807, 2.05) is 0 Å². The van der Waals surface area contributed by atoms with E-state index >= 15 is 0 Å². The van der Waals surface area contributed by atoms with Crippen LogP contribution in [0, 0.1) is 0 Å². The van der Waals surface area contributed by atoms with Gasteiger partial charge < -0.3 is 13.8 Å². The highest BCUT2D eigenvalue weighted by molar-refractivity contribution is 6.93. The molecule has 14 rings (SSSR count). The lowest BCUT2D eigenvalue weighted by Crippen LogP contribution is -2.60. The summed E-state index contributed by atoms with van der Waals surface area (Å²) in [4.78, 5) is 2.68. The second-order valence-corrected chi connectivity index (χ2v) is 20.5. The number of hydrogen-bond donors (Lipinski definition) is 0. The van der Waals surface area contributed by atoms with Gasteiger partial charge in [-0.2, -0.15) is 0 Å². The highest BCUT2D eigenvalue weighted by Crippen LogP contribution is 2.56. The van der Waals surface area contributed by atoms with Crippen molar-refractivity contribution >= 4 is 72.9 Å². The van der Waals surface area contributed by atoms with E-state index in [9.17, 15) is 0 Å². The molecule has 62 heavy (non-hydrogen) atoms. The number of hydrogen-bond acceptors (Lipinski definition) is 2. The van der Waals surface area contributed by atoms with E-state index in [2.05, 4.69) is 203 Å². The summed E-state index contributed by atoms with van der Waals surface area (Å²) < 4.78 is 9.32. The van der Waals surface area contributed by atoms with Crippen LogP contribution in [0.25, 0.3) is 82.8 Å². The molecular formula is C58H45BN2O. The van der Waals surface area contributed by atoms with Gasteiger partial charge in [0.15, 0.2) is 0 Å². The molecule has 296 valence electrons. The number of rotatable bonds is 1. The molecule has 0 saturated carbocycles. The maximum absolute atomic E-state index is 6.67. The molecular weight excluding hydrogens is 751 g/mol. The molecule has 4 heteroatoms. The van der Waals surface area contributed by atoms with Crippen molar-refractivity contribution in [3.8, 4) is 39.1 Å². The standard InChI is InChI=1S/C58H45BN2O/c1-56(2,3)32-20-22-33(23-21-32)61-48-29-41-35-15-10-13-19-50(35)62-51(41)30-40(48)36-24-25-38-53-47(27-26-44-52(53)37-16-9-12-18-43(37)57(44,4)5)60-49-28-39-34-14-8-11-17-42(34)58(6,7)45(39)31-46(49)59(61)54(36)55(38)60/h8-31H,1-7H3. The first kappa shape index (κ1) is 34.9. The van der Waals surface area contributed by atoms with E-state index < -0.39 is 0 Å². The fraction of sp³-hybridized carbons (Fsp3) is 0.172. The van der Waals surface area contributed by atoms with E-state index in [1.54, 1.807) is 0 Å². The van der Waals surface area contributed by atoms with Gasteiger partial charge in [0.05, 0.1) is 11.0 Å². The molecule has 0 bridgehead atoms. The summed E-state index contributed by atoms with van der Waals surface area (Å²) in [5.74, 6) is 0. The van der Waals surface area contributed by atoms with Gasteiger partial charge >= 0.3 is 6.85 Å². The Kier molecular flexibility index (Phi) is 6.29. The maximum Gasteiger partial charge on any atom is 0.333 e. The molecule has 2 aliphatic heterocycles. The van der Waals surface area contributed by atoms with E-state index in [0.717, 1.165) is 21.9 Å². The first-order chi connectivity index (χ1) is 29.9. The lowest BCUT2D eigenvalue weighted by atomic mass is 9.43. The van der Waals surface area contributed by atoms with Gasteiger partial charge in [0.25, 0.3) is 0 Å². The van der Waals surface area contributed by atoms with Crippen LogP contribution in [0.5, 0.6) is 0 Å². The Hall–Kier alpha value is -6.78. The third-order valence-corrected chi connectivity index (χ3v) is 15.5. The summed E-state index contributed by atoms with van der Waals surface area (Å²) >= 11 is 0. The average molecular weight is 797 g/mol. The van der Waals surface area contributed by atoms with Gasteiger partial charge in [0.1, 0.15) is 11.2 Å². The van der Waals surface area contributed by atoms with E-state index in [1.165, 1.54) is 111 Å². The van der Waals surface area contributed by atoms with Crippen molar-refractivity contribution in [1.82, 2.24) is 4.57 Å². The first-order valence-corrected chi connectivity index (χ1v) is 22.3. The molecule has 2 aromatic heterocycles. The zero-order valence-electron chi connectivity index (χ0n) is 36.2. The van der Waals surface area contributed by atoms with Gasteiger partial charge in [-0.3, -0.25) is 0 Å². The molecule has 0 amide bonds. The minimum atomic E-state index is -0.154. The minimum absolute atomic E-state index is 0.0337. The predicted octanol–water partition coefficient (Wildman–Crippen LogP) is 13.8. The zero-order chi connectivity index (χ0) is 41.8. The van der Waals surface area contributed by atoms with Crippen molar-refractivity contribution in [1.29, 1.82) is 0 Å². The number of para-hydroxylation sites is 1. The number of furan rings is 1. The van der Waals surface area contributed by atoms with E-state index in [-0.39, 0.29) is 23.1 Å². The molecule has 4 aliphatic rings. The molecule has 8 aromatic carbocycles. The van der Waals surface area contributed by atoms with Gasteiger partial charge in [-0.1, -0.05) is 152 Å². The van der Waals surface area contributed by atoms with E-state index in [4.69, 9.17) is 4.42 Å². The van der Waals surface area contributed by atoms with Crippen molar-refractivity contribution in [2.45, 2.75) is 64.7 Å². The van der Waals surface area contributed by atoms with Crippen LogP contribution in [-0.4, -0.2) is 11.4 Å². The fourth-order valence-corrected chi connectivity index (χ4v) is 12.5. The number of fused-ring (bicyclic) bond motifs is 18. The molecule has 0 spiro atoms. The summed E-state index contributed by atoms with van der Waals surface area (Å²) in [6, 6.07) is 55.8. The van der Waals surface area contributed by atoms with Gasteiger partial charge in [-0.05, 0) is 114 Å². The minimum Gasteiger partial charge on any atom is -0.456 e. The second-order valence-electron chi connectivity index (χ2n) is 20.5. The Morgan fingerprint density at radius 3 is 2.02 bits per heavy atom. The van der Waals surface area contributed by atoms with Gasteiger partial charge in [-0.15, -0.1) is 0 Å². The topological polar surface area (TPSA) is 21.3 Å². The molecule has 10 aromatic rings. The Labute approximate surface area is 362 Å². The van der Waals surface area contributed by atoms with Crippen LogP contribution in [0.3, 0.4) is 0 Å². The molecule has 0 N–H and O–H groups in total. The molecule has 0 fully saturated rings. The van der Waals surface area contributed by atoms with Crippen molar-refractivity contribution in [3.63, 3.8) is 0 Å². The summed E-state index contributed by atoms with van der Waals surface area (Å²) in [7, 11) is 0. The summed E-state index contributed by atoms with van der Waals surface area (Å²) in [6.45, 7) is 16.4. The van der Waals surface area contributed by atoms with Crippen LogP contribution < -0.4 is 15.7 Å². The second kappa shape index (κ2) is 11.2. The number of aromatic nitrogens is 1. The molecule has 0 radical (unpaired) electrons.